The Labute approximate surface area is 179 Å². The summed E-state index contributed by atoms with van der Waals surface area (Å²) in [7, 11) is 0. The van der Waals surface area contributed by atoms with Crippen LogP contribution in [0.5, 0.6) is 17.2 Å². The highest BCUT2D eigenvalue weighted by Gasteiger charge is 2.10. The highest BCUT2D eigenvalue weighted by molar-refractivity contribution is 5.91. The topological polar surface area (TPSA) is 108 Å². The number of amides is 1. The summed E-state index contributed by atoms with van der Waals surface area (Å²) in [6.45, 7) is 4.23. The Morgan fingerprint density at radius 2 is 1.42 bits per heavy atom. The molecule has 0 unspecified atom stereocenters. The van der Waals surface area contributed by atoms with Gasteiger partial charge in [-0.3, -0.25) is 19.2 Å². The summed E-state index contributed by atoms with van der Waals surface area (Å²) in [6, 6.07) is 11.6. The third-order valence-corrected chi connectivity index (χ3v) is 3.80. The van der Waals surface area contributed by atoms with Crippen molar-refractivity contribution < 1.29 is 33.4 Å². The van der Waals surface area contributed by atoms with E-state index in [0.717, 1.165) is 5.56 Å². The van der Waals surface area contributed by atoms with Crippen LogP contribution in [0.15, 0.2) is 48.5 Å². The van der Waals surface area contributed by atoms with Gasteiger partial charge in [-0.25, -0.2) is 0 Å². The summed E-state index contributed by atoms with van der Waals surface area (Å²) in [5.41, 5.74) is 1.57. The van der Waals surface area contributed by atoms with Crippen molar-refractivity contribution in [3.8, 4) is 17.2 Å². The molecule has 8 nitrogen and oxygen atoms in total. The SMILES string of the molecule is CC(=O)Oc1ccc(CCNC(=O)/C=C\c2ccc(OC(C)=O)c(OC(C)=O)c2)cc1. The molecule has 2 rings (SSSR count). The minimum Gasteiger partial charge on any atom is -0.427 e. The molecule has 2 aromatic rings. The van der Waals surface area contributed by atoms with Crippen molar-refractivity contribution >= 4 is 29.9 Å². The molecular formula is C23H23NO7. The van der Waals surface area contributed by atoms with E-state index >= 15 is 0 Å². The third-order valence-electron chi connectivity index (χ3n) is 3.80. The number of carbonyl (C=O) groups excluding carboxylic acids is 4. The first-order valence-corrected chi connectivity index (χ1v) is 9.47. The Bertz CT molecular complexity index is 993. The molecule has 0 bridgehead atoms. The maximum Gasteiger partial charge on any atom is 0.308 e. The predicted octanol–water partition coefficient (Wildman–Crippen LogP) is 2.83. The first-order valence-electron chi connectivity index (χ1n) is 9.47. The minimum absolute atomic E-state index is 0.0856. The maximum atomic E-state index is 12.0. The molecule has 0 aliphatic carbocycles. The van der Waals surface area contributed by atoms with Crippen molar-refractivity contribution in [2.24, 2.45) is 0 Å². The van der Waals surface area contributed by atoms with Crippen LogP contribution in [0.1, 0.15) is 31.9 Å². The molecule has 0 saturated heterocycles. The van der Waals surface area contributed by atoms with Crippen molar-refractivity contribution in [1.82, 2.24) is 5.32 Å². The van der Waals surface area contributed by atoms with Crippen LogP contribution in [0, 0.1) is 0 Å². The van der Waals surface area contributed by atoms with Crippen LogP contribution in [0.2, 0.25) is 0 Å². The van der Waals surface area contributed by atoms with Crippen molar-refractivity contribution in [2.45, 2.75) is 27.2 Å². The second kappa shape index (κ2) is 11.3. The standard InChI is InChI=1S/C23H23NO7/c1-15(25)29-20-8-4-18(5-9-20)12-13-24-23(28)11-7-19-6-10-21(30-16(2)26)22(14-19)31-17(3)27/h4-11,14H,12-13H2,1-3H3,(H,24,28)/b11-7-. The number of benzene rings is 2. The molecule has 1 N–H and O–H groups in total. The Balaban J connectivity index is 1.91. The van der Waals surface area contributed by atoms with E-state index < -0.39 is 11.9 Å². The maximum absolute atomic E-state index is 12.0. The molecule has 0 saturated carbocycles. The minimum atomic E-state index is -0.562. The first-order chi connectivity index (χ1) is 14.7. The molecule has 2 aromatic carbocycles. The summed E-state index contributed by atoms with van der Waals surface area (Å²) in [5.74, 6) is -1.12. The quantitative estimate of drug-likeness (QED) is 0.394. The molecule has 0 radical (unpaired) electrons. The van der Waals surface area contributed by atoms with Gasteiger partial charge >= 0.3 is 17.9 Å². The Hall–Kier alpha value is -3.94. The van der Waals surface area contributed by atoms with E-state index in [4.69, 9.17) is 14.2 Å². The number of rotatable bonds is 8. The summed E-state index contributed by atoms with van der Waals surface area (Å²) in [4.78, 5) is 45.4. The Morgan fingerprint density at radius 3 is 2.03 bits per heavy atom. The van der Waals surface area contributed by atoms with E-state index in [2.05, 4.69) is 5.32 Å². The lowest BCUT2D eigenvalue weighted by atomic mass is 10.1. The highest BCUT2D eigenvalue weighted by Crippen LogP contribution is 2.29. The second-order valence-electron chi connectivity index (χ2n) is 6.51. The Kier molecular flexibility index (Phi) is 8.51. The number of hydrogen-bond donors (Lipinski definition) is 1. The van der Waals surface area contributed by atoms with Crippen LogP contribution in [-0.2, 0) is 25.6 Å². The van der Waals surface area contributed by atoms with Gasteiger partial charge in [-0.2, -0.15) is 0 Å². The van der Waals surface area contributed by atoms with Gasteiger partial charge < -0.3 is 19.5 Å². The lowest BCUT2D eigenvalue weighted by Gasteiger charge is -2.09. The smallest absolute Gasteiger partial charge is 0.308 e. The molecule has 0 aliphatic rings. The zero-order valence-electron chi connectivity index (χ0n) is 17.5. The van der Waals surface area contributed by atoms with Gasteiger partial charge in [0.05, 0.1) is 0 Å². The number of carbonyl (C=O) groups is 4. The molecule has 0 aliphatic heterocycles. The number of hydrogen-bond acceptors (Lipinski definition) is 7. The van der Waals surface area contributed by atoms with E-state index in [1.165, 1.54) is 39.0 Å². The number of nitrogens with one attached hydrogen (secondary N) is 1. The molecule has 0 aromatic heterocycles. The fourth-order valence-corrected chi connectivity index (χ4v) is 2.55. The van der Waals surface area contributed by atoms with Gasteiger partial charge in [-0.05, 0) is 47.9 Å². The van der Waals surface area contributed by atoms with Crippen LogP contribution in [-0.4, -0.2) is 30.4 Å². The van der Waals surface area contributed by atoms with Gasteiger partial charge in [0.15, 0.2) is 11.5 Å². The average molecular weight is 425 g/mol. The fraction of sp³-hybridized carbons (Fsp3) is 0.217. The summed E-state index contributed by atoms with van der Waals surface area (Å²) >= 11 is 0. The molecular weight excluding hydrogens is 402 g/mol. The van der Waals surface area contributed by atoms with E-state index in [-0.39, 0.29) is 23.4 Å². The monoisotopic (exact) mass is 425 g/mol. The van der Waals surface area contributed by atoms with Gasteiger partial charge in [-0.1, -0.05) is 18.2 Å². The molecule has 0 heterocycles. The van der Waals surface area contributed by atoms with E-state index in [9.17, 15) is 19.2 Å². The van der Waals surface area contributed by atoms with E-state index in [1.54, 1.807) is 24.3 Å². The molecule has 0 atom stereocenters. The van der Waals surface area contributed by atoms with Crippen molar-refractivity contribution in [1.29, 1.82) is 0 Å². The lowest BCUT2D eigenvalue weighted by molar-refractivity contribution is -0.134. The third kappa shape index (κ3) is 8.53. The van der Waals surface area contributed by atoms with Crippen LogP contribution in [0.25, 0.3) is 6.08 Å². The molecule has 1 amide bonds. The zero-order valence-corrected chi connectivity index (χ0v) is 17.5. The van der Waals surface area contributed by atoms with Crippen molar-refractivity contribution in [3.63, 3.8) is 0 Å². The Morgan fingerprint density at radius 1 is 0.806 bits per heavy atom. The molecule has 8 heteroatoms. The van der Waals surface area contributed by atoms with Gasteiger partial charge in [-0.15, -0.1) is 0 Å². The first kappa shape index (κ1) is 23.3. The molecule has 0 fully saturated rings. The molecule has 31 heavy (non-hydrogen) atoms. The summed E-state index contributed by atoms with van der Waals surface area (Å²) in [5, 5.41) is 2.77. The van der Waals surface area contributed by atoms with Gasteiger partial charge in [0.1, 0.15) is 5.75 Å². The van der Waals surface area contributed by atoms with Crippen LogP contribution < -0.4 is 19.5 Å². The van der Waals surface area contributed by atoms with E-state index in [0.29, 0.717) is 24.3 Å². The zero-order chi connectivity index (χ0) is 22.8. The fourth-order valence-electron chi connectivity index (χ4n) is 2.55. The number of ether oxygens (including phenoxy) is 3. The van der Waals surface area contributed by atoms with Gasteiger partial charge in [0.25, 0.3) is 0 Å². The van der Waals surface area contributed by atoms with Crippen LogP contribution >= 0.6 is 0 Å². The van der Waals surface area contributed by atoms with Crippen molar-refractivity contribution in [2.75, 3.05) is 6.54 Å². The highest BCUT2D eigenvalue weighted by atomic mass is 16.6. The van der Waals surface area contributed by atoms with Crippen LogP contribution in [0.4, 0.5) is 0 Å². The second-order valence-corrected chi connectivity index (χ2v) is 6.51. The molecule has 0 spiro atoms. The molecule has 162 valence electrons. The average Bonchev–Trinajstić information content (AvgIpc) is 2.68. The van der Waals surface area contributed by atoms with Crippen LogP contribution in [0.3, 0.4) is 0 Å². The summed E-state index contributed by atoms with van der Waals surface area (Å²) < 4.78 is 15.0. The van der Waals surface area contributed by atoms with Gasteiger partial charge in [0, 0.05) is 33.4 Å². The largest absolute Gasteiger partial charge is 0.427 e. The predicted molar refractivity (Wildman–Crippen MR) is 113 cm³/mol. The van der Waals surface area contributed by atoms with Gasteiger partial charge in [0.2, 0.25) is 5.91 Å². The van der Waals surface area contributed by atoms with E-state index in [1.807, 2.05) is 12.1 Å². The number of esters is 3. The summed E-state index contributed by atoms with van der Waals surface area (Å²) in [6.07, 6.45) is 3.50. The van der Waals surface area contributed by atoms with Crippen molar-refractivity contribution in [3.05, 3.63) is 59.7 Å². The normalized spacial score (nSPS) is 10.4. The lowest BCUT2D eigenvalue weighted by Crippen LogP contribution is -2.23.